The fraction of sp³-hybridized carbons (Fsp3) is 0.312. The van der Waals surface area contributed by atoms with Crippen LogP contribution in [0.2, 0.25) is 0 Å². The van der Waals surface area contributed by atoms with E-state index in [0.29, 0.717) is 0 Å². The van der Waals surface area contributed by atoms with Gasteiger partial charge >= 0.3 is 0 Å². The number of pyridine rings is 1. The van der Waals surface area contributed by atoms with Gasteiger partial charge in [0.2, 0.25) is 0 Å². The summed E-state index contributed by atoms with van der Waals surface area (Å²) in [5, 5.41) is 3.19. The van der Waals surface area contributed by atoms with Crippen LogP contribution < -0.4 is 10.2 Å². The van der Waals surface area contributed by atoms with Crippen molar-refractivity contribution in [2.75, 3.05) is 19.0 Å². The monoisotopic (exact) mass is 333 g/mol. The normalized spacial score (nSPS) is 10.6. The van der Waals surface area contributed by atoms with Crippen molar-refractivity contribution < 1.29 is 0 Å². The molecule has 0 aliphatic heterocycles. The van der Waals surface area contributed by atoms with Crippen LogP contribution in [0.1, 0.15) is 18.1 Å². The largest absolute Gasteiger partial charge is 0.329 e. The van der Waals surface area contributed by atoms with Gasteiger partial charge in [0.25, 0.3) is 0 Å². The zero-order chi connectivity index (χ0) is 14.5. The maximum atomic E-state index is 4.55. The lowest BCUT2D eigenvalue weighted by Gasteiger charge is -2.21. The molecule has 0 aliphatic rings. The van der Waals surface area contributed by atoms with Gasteiger partial charge in [-0.15, -0.1) is 0 Å². The van der Waals surface area contributed by atoms with Crippen molar-refractivity contribution in [2.45, 2.75) is 19.9 Å². The van der Waals surface area contributed by atoms with Crippen molar-refractivity contribution in [3.8, 4) is 0 Å². The molecule has 1 N–H and O–H groups in total. The predicted molar refractivity (Wildman–Crippen MR) is 88.6 cm³/mol. The Hall–Kier alpha value is -1.39. The molecule has 0 spiro atoms. The first-order valence-corrected chi connectivity index (χ1v) is 7.56. The lowest BCUT2D eigenvalue weighted by molar-refractivity contribution is 0.809. The van der Waals surface area contributed by atoms with Crippen molar-refractivity contribution in [1.29, 1.82) is 0 Å². The maximum Gasteiger partial charge on any atom is 0.137 e. The molecule has 0 saturated carbocycles. The van der Waals surface area contributed by atoms with Crippen LogP contribution >= 0.6 is 15.9 Å². The highest BCUT2D eigenvalue weighted by molar-refractivity contribution is 9.10. The summed E-state index contributed by atoms with van der Waals surface area (Å²) in [5.41, 5.74) is 3.67. The van der Waals surface area contributed by atoms with Gasteiger partial charge in [-0.1, -0.05) is 19.1 Å². The number of hydrogen-bond acceptors (Lipinski definition) is 3. The molecule has 0 aliphatic carbocycles. The quantitative estimate of drug-likeness (QED) is 0.899. The molecule has 106 valence electrons. The Morgan fingerprint density at radius 1 is 1.25 bits per heavy atom. The number of aromatic nitrogens is 1. The number of hydrogen-bond donors (Lipinski definition) is 1. The average Bonchev–Trinajstić information content (AvgIpc) is 2.47. The van der Waals surface area contributed by atoms with Gasteiger partial charge in [-0.05, 0) is 53.2 Å². The summed E-state index contributed by atoms with van der Waals surface area (Å²) in [6, 6.07) is 10.7. The third-order valence-electron chi connectivity index (χ3n) is 3.33. The highest BCUT2D eigenvalue weighted by Crippen LogP contribution is 2.27. The molecule has 3 nitrogen and oxygen atoms in total. The van der Waals surface area contributed by atoms with E-state index >= 15 is 0 Å². The molecule has 4 heteroatoms. The van der Waals surface area contributed by atoms with E-state index in [0.717, 1.165) is 28.9 Å². The number of benzene rings is 1. The van der Waals surface area contributed by atoms with Crippen LogP contribution in [0.4, 0.5) is 11.5 Å². The molecule has 0 radical (unpaired) electrons. The molecular weight excluding hydrogens is 314 g/mol. The lowest BCUT2D eigenvalue weighted by Crippen LogP contribution is -2.16. The van der Waals surface area contributed by atoms with Crippen molar-refractivity contribution in [1.82, 2.24) is 10.3 Å². The minimum atomic E-state index is 0.791. The molecule has 0 atom stereocenters. The molecule has 0 saturated heterocycles. The first-order chi connectivity index (χ1) is 9.65. The second-order valence-corrected chi connectivity index (χ2v) is 5.66. The highest BCUT2D eigenvalue weighted by atomic mass is 79.9. The summed E-state index contributed by atoms with van der Waals surface area (Å²) >= 11 is 3.48. The Kier molecular flexibility index (Phi) is 5.15. The summed E-state index contributed by atoms with van der Waals surface area (Å²) in [5.74, 6) is 0.979. The van der Waals surface area contributed by atoms with E-state index in [4.69, 9.17) is 0 Å². The van der Waals surface area contributed by atoms with E-state index in [1.165, 1.54) is 11.1 Å². The molecule has 0 unspecified atom stereocenters. The third-order valence-corrected chi connectivity index (χ3v) is 3.76. The topological polar surface area (TPSA) is 28.2 Å². The number of rotatable bonds is 5. The SMILES string of the molecule is CCc1ccc(N(C)c2ncc(Br)cc2CNC)cc1. The van der Waals surface area contributed by atoms with Gasteiger partial charge in [-0.25, -0.2) is 4.98 Å². The second kappa shape index (κ2) is 6.86. The molecular formula is C16H20BrN3. The summed E-state index contributed by atoms with van der Waals surface area (Å²) < 4.78 is 1.00. The molecule has 1 aromatic carbocycles. The van der Waals surface area contributed by atoms with E-state index in [1.807, 2.05) is 13.2 Å². The van der Waals surface area contributed by atoms with Crippen LogP contribution in [0.25, 0.3) is 0 Å². The van der Waals surface area contributed by atoms with Crippen LogP contribution in [0.5, 0.6) is 0 Å². The van der Waals surface area contributed by atoms with Gasteiger partial charge in [0, 0.05) is 35.5 Å². The maximum absolute atomic E-state index is 4.55. The Labute approximate surface area is 129 Å². The lowest BCUT2D eigenvalue weighted by atomic mass is 10.1. The molecule has 2 aromatic rings. The van der Waals surface area contributed by atoms with Gasteiger partial charge in [0.15, 0.2) is 0 Å². The fourth-order valence-electron chi connectivity index (χ4n) is 2.17. The van der Waals surface area contributed by atoms with Gasteiger partial charge in [0.05, 0.1) is 0 Å². The summed E-state index contributed by atoms with van der Waals surface area (Å²) in [6.45, 7) is 2.96. The minimum Gasteiger partial charge on any atom is -0.329 e. The average molecular weight is 334 g/mol. The Bertz CT molecular complexity index is 566. The number of anilines is 2. The van der Waals surface area contributed by atoms with Gasteiger partial charge in [-0.3, -0.25) is 0 Å². The van der Waals surface area contributed by atoms with E-state index in [-0.39, 0.29) is 0 Å². The smallest absolute Gasteiger partial charge is 0.137 e. The zero-order valence-electron chi connectivity index (χ0n) is 12.2. The molecule has 2 rings (SSSR count). The molecule has 1 heterocycles. The van der Waals surface area contributed by atoms with Gasteiger partial charge in [-0.2, -0.15) is 0 Å². The fourth-order valence-corrected chi connectivity index (χ4v) is 2.55. The van der Waals surface area contributed by atoms with Gasteiger partial charge in [0.1, 0.15) is 5.82 Å². The first kappa shape index (κ1) is 15.0. The number of nitrogens with one attached hydrogen (secondary N) is 1. The number of halogens is 1. The molecule has 0 amide bonds. The van der Waals surface area contributed by atoms with E-state index in [1.54, 1.807) is 0 Å². The standard InChI is InChI=1S/C16H20BrN3/c1-4-12-5-7-15(8-6-12)20(3)16-13(10-18-2)9-14(17)11-19-16/h5-9,11,18H,4,10H2,1-3H3. The van der Waals surface area contributed by atoms with Crippen molar-refractivity contribution in [3.05, 3.63) is 52.1 Å². The summed E-state index contributed by atoms with van der Waals surface area (Å²) in [7, 11) is 4.00. The molecule has 1 aromatic heterocycles. The van der Waals surface area contributed by atoms with Crippen LogP contribution in [0, 0.1) is 0 Å². The Balaban J connectivity index is 2.33. The van der Waals surface area contributed by atoms with Crippen LogP contribution in [0.3, 0.4) is 0 Å². The second-order valence-electron chi connectivity index (χ2n) is 4.75. The summed E-state index contributed by atoms with van der Waals surface area (Å²) in [6.07, 6.45) is 2.90. The van der Waals surface area contributed by atoms with Crippen LogP contribution in [-0.2, 0) is 13.0 Å². The number of aryl methyl sites for hydroxylation is 1. The highest BCUT2D eigenvalue weighted by Gasteiger charge is 2.11. The molecule has 20 heavy (non-hydrogen) atoms. The van der Waals surface area contributed by atoms with Crippen LogP contribution in [-0.4, -0.2) is 19.1 Å². The number of nitrogens with zero attached hydrogens (tertiary/aromatic N) is 2. The molecule has 0 fully saturated rings. The first-order valence-electron chi connectivity index (χ1n) is 6.77. The van der Waals surface area contributed by atoms with Gasteiger partial charge < -0.3 is 10.2 Å². The summed E-state index contributed by atoms with van der Waals surface area (Å²) in [4.78, 5) is 6.68. The zero-order valence-corrected chi connectivity index (χ0v) is 13.7. The predicted octanol–water partition coefficient (Wildman–Crippen LogP) is 3.89. The third kappa shape index (κ3) is 3.38. The Morgan fingerprint density at radius 3 is 2.55 bits per heavy atom. The van der Waals surface area contributed by atoms with E-state index in [2.05, 4.69) is 75.4 Å². The van der Waals surface area contributed by atoms with E-state index < -0.39 is 0 Å². The van der Waals surface area contributed by atoms with Crippen molar-refractivity contribution in [3.63, 3.8) is 0 Å². The van der Waals surface area contributed by atoms with Crippen molar-refractivity contribution >= 4 is 27.4 Å². The minimum absolute atomic E-state index is 0.791. The van der Waals surface area contributed by atoms with Crippen molar-refractivity contribution in [2.24, 2.45) is 0 Å². The van der Waals surface area contributed by atoms with Crippen LogP contribution in [0.15, 0.2) is 41.0 Å². The van der Waals surface area contributed by atoms with E-state index in [9.17, 15) is 0 Å². The molecule has 0 bridgehead atoms. The Morgan fingerprint density at radius 2 is 1.95 bits per heavy atom.